The molecule has 1 aliphatic heterocycles. The Morgan fingerprint density at radius 2 is 1.48 bits per heavy atom. The number of aliphatic imine (C=N–C) groups is 1. The van der Waals surface area contributed by atoms with Crippen LogP contribution in [0.1, 0.15) is 52.7 Å². The van der Waals surface area contributed by atoms with Crippen molar-refractivity contribution in [3.8, 4) is 5.75 Å². The van der Waals surface area contributed by atoms with Crippen molar-refractivity contribution in [3.05, 3.63) is 35.5 Å². The van der Waals surface area contributed by atoms with Gasteiger partial charge in [-0.15, -0.1) is 5.11 Å². The first-order chi connectivity index (χ1) is 9.59. The molecule has 4 heteroatoms. The molecule has 0 spiro atoms. The predicted octanol–water partition coefficient (Wildman–Crippen LogP) is 5.00. The molecule has 0 bridgehead atoms. The van der Waals surface area contributed by atoms with Gasteiger partial charge in [-0.2, -0.15) is 5.11 Å². The molecule has 0 fully saturated rings. The van der Waals surface area contributed by atoms with E-state index < -0.39 is 0 Å². The highest BCUT2D eigenvalue weighted by Gasteiger charge is 2.26. The molecule has 112 valence electrons. The molecule has 1 aromatic rings. The van der Waals surface area contributed by atoms with Crippen LogP contribution in [-0.4, -0.2) is 10.9 Å². The van der Waals surface area contributed by atoms with Gasteiger partial charge in [-0.05, 0) is 23.0 Å². The van der Waals surface area contributed by atoms with E-state index in [0.717, 1.165) is 16.8 Å². The number of hydrogen-bond donors (Lipinski definition) is 1. The summed E-state index contributed by atoms with van der Waals surface area (Å²) in [5.41, 5.74) is 2.27. The highest BCUT2D eigenvalue weighted by atomic mass is 16.3. The average Bonchev–Trinajstić information content (AvgIpc) is 2.81. The Kier molecular flexibility index (Phi) is 3.74. The quantitative estimate of drug-likeness (QED) is 0.775. The van der Waals surface area contributed by atoms with Gasteiger partial charge in [-0.1, -0.05) is 41.5 Å². The zero-order valence-electron chi connectivity index (χ0n) is 13.6. The third kappa shape index (κ3) is 3.38. The number of phenols is 1. The predicted molar refractivity (Wildman–Crippen MR) is 86.6 cm³/mol. The van der Waals surface area contributed by atoms with Crippen molar-refractivity contribution in [1.82, 2.24) is 0 Å². The molecule has 0 atom stereocenters. The summed E-state index contributed by atoms with van der Waals surface area (Å²) in [5, 5.41) is 18.4. The number of azo groups is 1. The molecule has 0 aromatic heterocycles. The van der Waals surface area contributed by atoms with E-state index in [1.807, 2.05) is 12.1 Å². The second kappa shape index (κ2) is 5.10. The van der Waals surface area contributed by atoms with Gasteiger partial charge in [0.2, 0.25) is 0 Å². The van der Waals surface area contributed by atoms with Crippen molar-refractivity contribution in [2.45, 2.75) is 52.4 Å². The summed E-state index contributed by atoms with van der Waals surface area (Å²) < 4.78 is 0. The molecule has 0 saturated heterocycles. The first-order valence-corrected chi connectivity index (χ1v) is 7.13. The summed E-state index contributed by atoms with van der Waals surface area (Å²) in [5.74, 6) is 0.947. The van der Waals surface area contributed by atoms with Gasteiger partial charge in [-0.25, -0.2) is 4.99 Å². The maximum Gasteiger partial charge on any atom is 0.176 e. The topological polar surface area (TPSA) is 57.3 Å². The summed E-state index contributed by atoms with van der Waals surface area (Å²) in [6.45, 7) is 12.5. The molecular weight excluding hydrogens is 262 g/mol. The lowest BCUT2D eigenvalue weighted by Gasteiger charge is -2.27. The number of phenolic OH excluding ortho intramolecular Hbond substituents is 1. The van der Waals surface area contributed by atoms with Crippen molar-refractivity contribution in [1.29, 1.82) is 0 Å². The Morgan fingerprint density at radius 3 is 1.86 bits per heavy atom. The third-order valence-corrected chi connectivity index (χ3v) is 3.40. The van der Waals surface area contributed by atoms with E-state index in [2.05, 4.69) is 56.8 Å². The fraction of sp³-hybridized carbons (Fsp3) is 0.471. The van der Waals surface area contributed by atoms with E-state index in [-0.39, 0.29) is 10.8 Å². The SMILES string of the molecule is CC(C)(C)c1cc(N=C2C=CN=N2)cc(C(C)(C)C)c1O. The Bertz CT molecular complexity index is 592. The number of benzene rings is 1. The van der Waals surface area contributed by atoms with Crippen LogP contribution in [0.5, 0.6) is 5.75 Å². The van der Waals surface area contributed by atoms with Crippen molar-refractivity contribution in [2.24, 2.45) is 15.2 Å². The molecule has 0 amide bonds. The highest BCUT2D eigenvalue weighted by Crippen LogP contribution is 2.41. The van der Waals surface area contributed by atoms with Crippen LogP contribution >= 0.6 is 0 Å². The van der Waals surface area contributed by atoms with Gasteiger partial charge in [0.15, 0.2) is 5.84 Å². The molecule has 0 radical (unpaired) electrons. The molecule has 4 nitrogen and oxygen atoms in total. The lowest BCUT2D eigenvalue weighted by molar-refractivity contribution is 0.423. The summed E-state index contributed by atoms with van der Waals surface area (Å²) in [6, 6.07) is 3.86. The van der Waals surface area contributed by atoms with E-state index >= 15 is 0 Å². The fourth-order valence-electron chi connectivity index (χ4n) is 2.24. The largest absolute Gasteiger partial charge is 0.507 e. The van der Waals surface area contributed by atoms with Gasteiger partial charge < -0.3 is 5.11 Å². The molecule has 0 unspecified atom stereocenters. The maximum atomic E-state index is 10.6. The van der Waals surface area contributed by atoms with Crippen LogP contribution in [-0.2, 0) is 10.8 Å². The molecule has 0 aliphatic carbocycles. The number of aromatic hydroxyl groups is 1. The number of amidine groups is 1. The summed E-state index contributed by atoms with van der Waals surface area (Å²) in [7, 11) is 0. The van der Waals surface area contributed by atoms with E-state index in [0.29, 0.717) is 11.6 Å². The Morgan fingerprint density at radius 1 is 0.952 bits per heavy atom. The van der Waals surface area contributed by atoms with Crippen LogP contribution in [0.3, 0.4) is 0 Å². The minimum atomic E-state index is -0.159. The van der Waals surface area contributed by atoms with Crippen LogP contribution in [0, 0.1) is 0 Å². The number of rotatable bonds is 1. The molecule has 2 rings (SSSR count). The summed E-state index contributed by atoms with van der Waals surface area (Å²) in [6.07, 6.45) is 3.38. The molecule has 1 heterocycles. The lowest BCUT2D eigenvalue weighted by atomic mass is 9.79. The summed E-state index contributed by atoms with van der Waals surface area (Å²) >= 11 is 0. The molecule has 1 N–H and O–H groups in total. The van der Waals surface area contributed by atoms with Gasteiger partial charge >= 0.3 is 0 Å². The first-order valence-electron chi connectivity index (χ1n) is 7.13. The van der Waals surface area contributed by atoms with E-state index in [1.54, 1.807) is 12.3 Å². The highest BCUT2D eigenvalue weighted by molar-refractivity contribution is 5.96. The van der Waals surface area contributed by atoms with E-state index in [1.165, 1.54) is 0 Å². The molecule has 1 aromatic carbocycles. The van der Waals surface area contributed by atoms with Crippen LogP contribution < -0.4 is 0 Å². The maximum absolute atomic E-state index is 10.6. The summed E-state index contributed by atoms with van der Waals surface area (Å²) in [4.78, 5) is 4.51. The third-order valence-electron chi connectivity index (χ3n) is 3.40. The Labute approximate surface area is 126 Å². The zero-order chi connectivity index (χ0) is 15.8. The first kappa shape index (κ1) is 15.4. The smallest absolute Gasteiger partial charge is 0.176 e. The monoisotopic (exact) mass is 285 g/mol. The van der Waals surface area contributed by atoms with Gasteiger partial charge in [0.05, 0.1) is 11.9 Å². The molecule has 0 saturated carbocycles. The lowest BCUT2D eigenvalue weighted by Crippen LogP contribution is -2.17. The van der Waals surface area contributed by atoms with Crippen molar-refractivity contribution in [3.63, 3.8) is 0 Å². The molecule has 1 aliphatic rings. The normalized spacial score (nSPS) is 17.0. The fourth-order valence-corrected chi connectivity index (χ4v) is 2.24. The van der Waals surface area contributed by atoms with Gasteiger partial charge in [-0.3, -0.25) is 0 Å². The number of nitrogens with zero attached hydrogens (tertiary/aromatic N) is 3. The Balaban J connectivity index is 2.65. The van der Waals surface area contributed by atoms with Crippen LogP contribution in [0.4, 0.5) is 5.69 Å². The van der Waals surface area contributed by atoms with Gasteiger partial charge in [0.1, 0.15) is 5.75 Å². The van der Waals surface area contributed by atoms with Crippen LogP contribution in [0.25, 0.3) is 0 Å². The van der Waals surface area contributed by atoms with Crippen molar-refractivity contribution >= 4 is 11.5 Å². The second-order valence-electron chi connectivity index (χ2n) is 7.39. The van der Waals surface area contributed by atoms with Crippen molar-refractivity contribution in [2.75, 3.05) is 0 Å². The second-order valence-corrected chi connectivity index (χ2v) is 7.39. The van der Waals surface area contributed by atoms with E-state index in [9.17, 15) is 5.11 Å². The van der Waals surface area contributed by atoms with Crippen LogP contribution in [0.2, 0.25) is 0 Å². The average molecular weight is 285 g/mol. The minimum Gasteiger partial charge on any atom is -0.507 e. The van der Waals surface area contributed by atoms with Gasteiger partial charge in [0.25, 0.3) is 0 Å². The van der Waals surface area contributed by atoms with Gasteiger partial charge in [0, 0.05) is 17.2 Å². The Hall–Kier alpha value is -1.97. The zero-order valence-corrected chi connectivity index (χ0v) is 13.6. The minimum absolute atomic E-state index is 0.159. The van der Waals surface area contributed by atoms with Crippen LogP contribution in [0.15, 0.2) is 39.6 Å². The van der Waals surface area contributed by atoms with E-state index in [4.69, 9.17) is 0 Å². The standard InChI is InChI=1S/C17H23N3O/c1-16(2,3)12-9-11(19-14-7-8-18-20-14)10-13(15(12)21)17(4,5)6/h7-10,21H,1-6H3. The van der Waals surface area contributed by atoms with Crippen molar-refractivity contribution < 1.29 is 5.11 Å². The number of hydrogen-bond acceptors (Lipinski definition) is 3. The molecule has 21 heavy (non-hydrogen) atoms. The molecular formula is C17H23N3O.